The molecule has 0 unspecified atom stereocenters. The first kappa shape index (κ1) is 15.5. The van der Waals surface area contributed by atoms with Crippen molar-refractivity contribution in [1.82, 2.24) is 9.80 Å². The summed E-state index contributed by atoms with van der Waals surface area (Å²) in [6.07, 6.45) is 5.19. The third kappa shape index (κ3) is 3.02. The molecule has 2 aliphatic rings. The molecule has 1 amide bonds. The number of hydrogen-bond donors (Lipinski definition) is 0. The maximum atomic E-state index is 13.0. The molecule has 3 nitrogen and oxygen atoms in total. The van der Waals surface area contributed by atoms with Gasteiger partial charge in [-0.25, -0.2) is 4.39 Å². The van der Waals surface area contributed by atoms with Gasteiger partial charge in [-0.15, -0.1) is 0 Å². The quantitative estimate of drug-likeness (QED) is 0.856. The van der Waals surface area contributed by atoms with Crippen LogP contribution in [0.5, 0.6) is 0 Å². The van der Waals surface area contributed by atoms with Crippen LogP contribution in [-0.2, 0) is 11.3 Å². The Hall–Kier alpha value is -1.42. The predicted molar refractivity (Wildman–Crippen MR) is 84.9 cm³/mol. The van der Waals surface area contributed by atoms with Crippen molar-refractivity contribution in [1.29, 1.82) is 0 Å². The van der Waals surface area contributed by atoms with Crippen LogP contribution in [0.25, 0.3) is 0 Å². The van der Waals surface area contributed by atoms with Crippen molar-refractivity contribution in [3.63, 3.8) is 0 Å². The number of rotatable bonds is 3. The van der Waals surface area contributed by atoms with E-state index in [4.69, 9.17) is 0 Å². The van der Waals surface area contributed by atoms with Crippen LogP contribution in [0, 0.1) is 5.82 Å². The van der Waals surface area contributed by atoms with E-state index < -0.39 is 0 Å². The summed E-state index contributed by atoms with van der Waals surface area (Å²) < 4.78 is 13.0. The zero-order chi connectivity index (χ0) is 15.6. The molecule has 0 radical (unpaired) electrons. The molecule has 2 heterocycles. The average molecular weight is 304 g/mol. The van der Waals surface area contributed by atoms with E-state index in [1.165, 1.54) is 18.4 Å². The van der Waals surface area contributed by atoms with Crippen LogP contribution in [0.2, 0.25) is 0 Å². The van der Waals surface area contributed by atoms with Crippen LogP contribution in [-0.4, -0.2) is 40.9 Å². The summed E-state index contributed by atoms with van der Waals surface area (Å²) >= 11 is 0. The highest BCUT2D eigenvalue weighted by molar-refractivity contribution is 5.75. The normalized spacial score (nSPS) is 21.5. The van der Waals surface area contributed by atoms with Crippen molar-refractivity contribution in [2.75, 3.05) is 19.6 Å². The number of benzene rings is 1. The molecule has 0 saturated carbocycles. The van der Waals surface area contributed by atoms with E-state index in [1.54, 1.807) is 12.1 Å². The van der Waals surface area contributed by atoms with Gasteiger partial charge in [0.2, 0.25) is 5.91 Å². The van der Waals surface area contributed by atoms with Crippen molar-refractivity contribution >= 4 is 5.91 Å². The van der Waals surface area contributed by atoms with Gasteiger partial charge >= 0.3 is 0 Å². The van der Waals surface area contributed by atoms with Gasteiger partial charge in [0.1, 0.15) is 5.82 Å². The number of carbonyl (C=O) groups excluding carboxylic acids is 1. The Morgan fingerprint density at radius 2 is 1.82 bits per heavy atom. The van der Waals surface area contributed by atoms with Gasteiger partial charge in [-0.1, -0.05) is 19.1 Å². The largest absolute Gasteiger partial charge is 0.343 e. The van der Waals surface area contributed by atoms with Crippen LogP contribution in [0.1, 0.15) is 44.6 Å². The molecule has 2 saturated heterocycles. The molecular formula is C18H25FN2O. The second-order valence-corrected chi connectivity index (χ2v) is 6.61. The van der Waals surface area contributed by atoms with Crippen molar-refractivity contribution < 1.29 is 9.18 Å². The Morgan fingerprint density at radius 3 is 2.45 bits per heavy atom. The molecule has 2 aliphatic heterocycles. The molecule has 4 heteroatoms. The Morgan fingerprint density at radius 1 is 1.14 bits per heavy atom. The molecule has 120 valence electrons. The minimum absolute atomic E-state index is 0.175. The molecule has 3 rings (SSSR count). The molecule has 0 aliphatic carbocycles. The Kier molecular flexibility index (Phi) is 4.48. The predicted octanol–water partition coefficient (Wildman–Crippen LogP) is 3.19. The zero-order valence-corrected chi connectivity index (χ0v) is 13.4. The van der Waals surface area contributed by atoms with E-state index in [1.807, 2.05) is 24.0 Å². The summed E-state index contributed by atoms with van der Waals surface area (Å²) in [6, 6.07) is 6.86. The smallest absolute Gasteiger partial charge is 0.222 e. The molecule has 1 aromatic carbocycles. The number of hydrogen-bond acceptors (Lipinski definition) is 2. The van der Waals surface area contributed by atoms with Gasteiger partial charge in [0.15, 0.2) is 0 Å². The minimum atomic E-state index is -0.175. The highest BCUT2D eigenvalue weighted by Gasteiger charge is 2.43. The van der Waals surface area contributed by atoms with E-state index in [2.05, 4.69) is 4.90 Å². The van der Waals surface area contributed by atoms with Crippen LogP contribution < -0.4 is 0 Å². The lowest BCUT2D eigenvalue weighted by Gasteiger charge is -2.45. The molecule has 0 aromatic heterocycles. The Bertz CT molecular complexity index is 520. The van der Waals surface area contributed by atoms with Crippen molar-refractivity contribution in [2.24, 2.45) is 0 Å². The summed E-state index contributed by atoms with van der Waals surface area (Å²) in [4.78, 5) is 16.4. The first-order valence-electron chi connectivity index (χ1n) is 8.40. The molecule has 22 heavy (non-hydrogen) atoms. The zero-order valence-electron chi connectivity index (χ0n) is 13.4. The summed E-state index contributed by atoms with van der Waals surface area (Å²) in [6.45, 7) is 5.70. The van der Waals surface area contributed by atoms with E-state index >= 15 is 0 Å². The maximum absolute atomic E-state index is 13.0. The number of likely N-dealkylation sites (tertiary alicyclic amines) is 2. The van der Waals surface area contributed by atoms with Crippen LogP contribution >= 0.6 is 0 Å². The number of nitrogens with zero attached hydrogens (tertiary/aromatic N) is 2. The lowest BCUT2D eigenvalue weighted by Crippen LogP contribution is -2.52. The molecular weight excluding hydrogens is 279 g/mol. The highest BCUT2D eigenvalue weighted by Crippen LogP contribution is 2.39. The summed E-state index contributed by atoms with van der Waals surface area (Å²) in [5.74, 6) is 0.101. The van der Waals surface area contributed by atoms with Gasteiger partial charge < -0.3 is 4.90 Å². The molecule has 0 bridgehead atoms. The van der Waals surface area contributed by atoms with Crippen LogP contribution in [0.4, 0.5) is 4.39 Å². The molecule has 1 aromatic rings. The summed E-state index contributed by atoms with van der Waals surface area (Å²) in [5, 5.41) is 0. The number of carbonyl (C=O) groups is 1. The monoisotopic (exact) mass is 304 g/mol. The molecule has 0 atom stereocenters. The summed E-state index contributed by atoms with van der Waals surface area (Å²) in [5.41, 5.74) is 1.42. The van der Waals surface area contributed by atoms with Gasteiger partial charge in [-0.2, -0.15) is 0 Å². The molecule has 0 N–H and O–H groups in total. The maximum Gasteiger partial charge on any atom is 0.222 e. The van der Waals surface area contributed by atoms with Crippen molar-refractivity contribution in [3.05, 3.63) is 35.6 Å². The van der Waals surface area contributed by atoms with Crippen LogP contribution in [0.15, 0.2) is 24.3 Å². The fraction of sp³-hybridized carbons (Fsp3) is 0.611. The Labute approximate surface area is 132 Å². The highest BCUT2D eigenvalue weighted by atomic mass is 19.1. The van der Waals surface area contributed by atoms with Gasteiger partial charge in [-0.05, 0) is 49.9 Å². The number of amides is 1. The van der Waals surface area contributed by atoms with E-state index in [0.29, 0.717) is 6.42 Å². The lowest BCUT2D eigenvalue weighted by molar-refractivity contribution is -0.133. The second kappa shape index (κ2) is 6.37. The van der Waals surface area contributed by atoms with Gasteiger partial charge in [0, 0.05) is 31.6 Å². The third-order valence-electron chi connectivity index (χ3n) is 5.38. The minimum Gasteiger partial charge on any atom is -0.343 e. The first-order valence-corrected chi connectivity index (χ1v) is 8.40. The average Bonchev–Trinajstić information content (AvgIpc) is 2.92. The Balaban J connectivity index is 1.66. The van der Waals surface area contributed by atoms with E-state index in [-0.39, 0.29) is 17.3 Å². The second-order valence-electron chi connectivity index (χ2n) is 6.61. The van der Waals surface area contributed by atoms with Gasteiger partial charge in [0.05, 0.1) is 0 Å². The fourth-order valence-electron chi connectivity index (χ4n) is 4.01. The first-order chi connectivity index (χ1) is 10.6. The topological polar surface area (TPSA) is 23.6 Å². The van der Waals surface area contributed by atoms with Crippen LogP contribution in [0.3, 0.4) is 0 Å². The van der Waals surface area contributed by atoms with Gasteiger partial charge in [0.25, 0.3) is 0 Å². The van der Waals surface area contributed by atoms with Crippen molar-refractivity contribution in [2.45, 2.75) is 51.1 Å². The fourth-order valence-corrected chi connectivity index (χ4v) is 4.01. The SMILES string of the molecule is CCC(=O)N1CCC2(CCCN2Cc2ccc(F)cc2)CC1. The number of halogens is 1. The number of piperidine rings is 1. The lowest BCUT2D eigenvalue weighted by atomic mass is 9.84. The van der Waals surface area contributed by atoms with Crippen molar-refractivity contribution in [3.8, 4) is 0 Å². The third-order valence-corrected chi connectivity index (χ3v) is 5.38. The van der Waals surface area contributed by atoms with E-state index in [9.17, 15) is 9.18 Å². The standard InChI is InChI=1S/C18H25FN2O/c1-2-17(22)20-12-9-18(10-13-20)8-3-11-21(18)14-15-4-6-16(19)7-5-15/h4-7H,2-3,8-14H2,1H3. The molecule has 2 fully saturated rings. The van der Waals surface area contributed by atoms with E-state index in [0.717, 1.165) is 39.0 Å². The summed E-state index contributed by atoms with van der Waals surface area (Å²) in [7, 11) is 0. The van der Waals surface area contributed by atoms with Gasteiger partial charge in [-0.3, -0.25) is 9.69 Å². The molecule has 1 spiro atoms.